The van der Waals surface area contributed by atoms with Gasteiger partial charge in [0.1, 0.15) is 18.2 Å². The van der Waals surface area contributed by atoms with Crippen molar-refractivity contribution in [3.05, 3.63) is 94.9 Å². The number of carbonyl (C=O) groups excluding carboxylic acids is 2. The fourth-order valence-corrected chi connectivity index (χ4v) is 4.09. The van der Waals surface area contributed by atoms with Gasteiger partial charge in [-0.1, -0.05) is 76.9 Å². The van der Waals surface area contributed by atoms with Crippen LogP contribution in [-0.4, -0.2) is 37.3 Å². The van der Waals surface area contributed by atoms with Gasteiger partial charge >= 0.3 is 11.9 Å². The number of allylic oxidation sites excluding steroid dienone is 3. The van der Waals surface area contributed by atoms with Gasteiger partial charge in [-0.3, -0.25) is 0 Å². The number of fused-ring (bicyclic) bond motifs is 1. The van der Waals surface area contributed by atoms with Gasteiger partial charge in [-0.25, -0.2) is 4.79 Å². The minimum Gasteiger partial charge on any atom is -0.335 e. The van der Waals surface area contributed by atoms with Gasteiger partial charge in [0.2, 0.25) is 5.82 Å². The van der Waals surface area contributed by atoms with E-state index >= 15 is 0 Å². The van der Waals surface area contributed by atoms with E-state index in [2.05, 4.69) is 10.1 Å². The zero-order valence-electron chi connectivity index (χ0n) is 17.8. The van der Waals surface area contributed by atoms with E-state index in [-0.39, 0.29) is 24.9 Å². The lowest BCUT2D eigenvalue weighted by molar-refractivity contribution is -0.460. The van der Waals surface area contributed by atoms with E-state index in [9.17, 15) is 9.59 Å². The maximum atomic E-state index is 13.4. The highest BCUT2D eigenvalue weighted by atomic mass is 35.5. The second-order valence-corrected chi connectivity index (χ2v) is 8.38. The molecule has 5 rings (SSSR count). The molecule has 0 bridgehead atoms. The fraction of sp³-hybridized carbons (Fsp3) is 0.160. The number of amides is 3. The number of nitrogens with zero attached hydrogens (tertiary/aromatic N) is 4. The van der Waals surface area contributed by atoms with E-state index in [0.29, 0.717) is 22.1 Å². The standard InChI is InChI=1S/C25H20ClN4O3/c1-16-9-11-17(12-10-16)14-30-24(31)20-7-2-3-8-21(20)29(25(30)32)15-22-27-23(28-33-22)18-5-4-6-19(26)13-18/h2-13,20H,14-15H2,1H3/q+1. The number of rotatable bonds is 5. The smallest absolute Gasteiger partial charge is 0.335 e. The number of carbonyl (C=O) groups is 2. The van der Waals surface area contributed by atoms with Crippen LogP contribution >= 0.6 is 11.6 Å². The van der Waals surface area contributed by atoms with Crippen molar-refractivity contribution < 1.29 is 18.7 Å². The molecule has 33 heavy (non-hydrogen) atoms. The van der Waals surface area contributed by atoms with Gasteiger partial charge in [-0.2, -0.15) is 19.3 Å². The second kappa shape index (κ2) is 8.60. The van der Waals surface area contributed by atoms with Crippen molar-refractivity contribution >= 4 is 29.3 Å². The Labute approximate surface area is 195 Å². The van der Waals surface area contributed by atoms with Crippen LogP contribution in [-0.2, 0) is 17.9 Å². The van der Waals surface area contributed by atoms with E-state index in [4.69, 9.17) is 16.1 Å². The number of imide groups is 1. The van der Waals surface area contributed by atoms with Crippen molar-refractivity contribution in [3.63, 3.8) is 0 Å². The molecule has 1 aliphatic carbocycles. The highest BCUT2D eigenvalue weighted by Crippen LogP contribution is 2.24. The Morgan fingerprint density at radius 2 is 1.94 bits per heavy atom. The van der Waals surface area contributed by atoms with Gasteiger partial charge in [-0.05, 0) is 30.7 Å². The number of aromatic nitrogens is 2. The Morgan fingerprint density at radius 3 is 2.73 bits per heavy atom. The zero-order chi connectivity index (χ0) is 22.9. The highest BCUT2D eigenvalue weighted by molar-refractivity contribution is 6.30. The zero-order valence-corrected chi connectivity index (χ0v) is 18.6. The molecule has 1 atom stereocenters. The average molecular weight is 460 g/mol. The van der Waals surface area contributed by atoms with Crippen molar-refractivity contribution in [3.8, 4) is 11.4 Å². The van der Waals surface area contributed by atoms with Crippen molar-refractivity contribution in [2.45, 2.75) is 20.0 Å². The molecule has 0 radical (unpaired) electrons. The first-order chi connectivity index (χ1) is 16.0. The van der Waals surface area contributed by atoms with Crippen LogP contribution in [0, 0.1) is 12.8 Å². The minimum atomic E-state index is -0.548. The van der Waals surface area contributed by atoms with E-state index in [1.54, 1.807) is 36.4 Å². The Balaban J connectivity index is 1.47. The Hall–Kier alpha value is -3.84. The van der Waals surface area contributed by atoms with E-state index in [1.165, 1.54) is 9.48 Å². The lowest BCUT2D eigenvalue weighted by Gasteiger charge is -2.26. The molecular formula is C25H20ClN4O3+. The number of aryl methyl sites for hydroxylation is 1. The monoisotopic (exact) mass is 459 g/mol. The summed E-state index contributed by atoms with van der Waals surface area (Å²) in [7, 11) is 0. The SMILES string of the molecule is Cc1ccc(CN2C(=O)C3C=CC=CC3=[N+](Cc3nc(-c4cccc(Cl)c4)no3)C2=O)cc1. The van der Waals surface area contributed by atoms with Crippen LogP contribution < -0.4 is 0 Å². The Bertz CT molecular complexity index is 1340. The summed E-state index contributed by atoms with van der Waals surface area (Å²) in [6.07, 6.45) is 7.19. The van der Waals surface area contributed by atoms with Crippen LogP contribution in [0.1, 0.15) is 17.0 Å². The number of halogens is 1. The molecule has 0 saturated carbocycles. The van der Waals surface area contributed by atoms with Crippen molar-refractivity contribution in [2.24, 2.45) is 5.92 Å². The summed E-state index contributed by atoms with van der Waals surface area (Å²) in [6.45, 7) is 2.23. The predicted octanol–water partition coefficient (Wildman–Crippen LogP) is 4.56. The van der Waals surface area contributed by atoms with Gasteiger partial charge in [0.25, 0.3) is 5.89 Å². The molecule has 7 nitrogen and oxygen atoms in total. The summed E-state index contributed by atoms with van der Waals surface area (Å²) in [4.78, 5) is 32.3. The van der Waals surface area contributed by atoms with Crippen LogP contribution in [0.15, 0.2) is 77.4 Å². The number of hydrogen-bond donors (Lipinski definition) is 0. The van der Waals surface area contributed by atoms with Crippen LogP contribution in [0.25, 0.3) is 11.4 Å². The molecule has 8 heteroatoms. The molecule has 3 aromatic rings. The largest absolute Gasteiger partial charge is 0.501 e. The topological polar surface area (TPSA) is 79.3 Å². The van der Waals surface area contributed by atoms with E-state index < -0.39 is 11.9 Å². The van der Waals surface area contributed by atoms with Crippen molar-refractivity contribution in [1.82, 2.24) is 15.0 Å². The Kier molecular flexibility index (Phi) is 5.48. The third kappa shape index (κ3) is 4.15. The third-order valence-electron chi connectivity index (χ3n) is 5.61. The maximum absolute atomic E-state index is 13.4. The summed E-state index contributed by atoms with van der Waals surface area (Å²) in [5.74, 6) is -0.159. The molecule has 1 aliphatic heterocycles. The highest BCUT2D eigenvalue weighted by Gasteiger charge is 2.47. The number of urea groups is 1. The lowest BCUT2D eigenvalue weighted by atomic mass is 9.94. The first-order valence-electron chi connectivity index (χ1n) is 10.5. The molecule has 3 amide bonds. The van der Waals surface area contributed by atoms with Gasteiger partial charge in [0, 0.05) is 10.6 Å². The molecule has 2 heterocycles. The van der Waals surface area contributed by atoms with Crippen LogP contribution in [0.3, 0.4) is 0 Å². The average Bonchev–Trinajstić information content (AvgIpc) is 3.29. The van der Waals surface area contributed by atoms with Crippen LogP contribution in [0.5, 0.6) is 0 Å². The molecule has 0 saturated heterocycles. The van der Waals surface area contributed by atoms with Crippen molar-refractivity contribution in [2.75, 3.05) is 0 Å². The van der Waals surface area contributed by atoms with Crippen LogP contribution in [0.2, 0.25) is 5.02 Å². The maximum Gasteiger partial charge on any atom is 0.501 e. The third-order valence-corrected chi connectivity index (χ3v) is 5.85. The van der Waals surface area contributed by atoms with Gasteiger partial charge in [0.15, 0.2) is 6.54 Å². The predicted molar refractivity (Wildman–Crippen MR) is 123 cm³/mol. The fourth-order valence-electron chi connectivity index (χ4n) is 3.90. The Morgan fingerprint density at radius 1 is 1.12 bits per heavy atom. The number of hydrogen-bond acceptors (Lipinski definition) is 5. The quantitative estimate of drug-likeness (QED) is 0.523. The minimum absolute atomic E-state index is 0.0497. The molecule has 0 N–H and O–H groups in total. The van der Waals surface area contributed by atoms with Crippen LogP contribution in [0.4, 0.5) is 4.79 Å². The molecular weight excluding hydrogens is 440 g/mol. The summed E-state index contributed by atoms with van der Waals surface area (Å²) >= 11 is 6.06. The summed E-state index contributed by atoms with van der Waals surface area (Å²) in [5, 5.41) is 4.59. The molecule has 2 aromatic carbocycles. The molecule has 164 valence electrons. The lowest BCUT2D eigenvalue weighted by Crippen LogP contribution is -2.53. The number of benzene rings is 2. The second-order valence-electron chi connectivity index (χ2n) is 7.95. The summed E-state index contributed by atoms with van der Waals surface area (Å²) in [6, 6.07) is 14.5. The van der Waals surface area contributed by atoms with Gasteiger partial charge in [0.05, 0.1) is 0 Å². The normalized spacial score (nSPS) is 17.6. The van der Waals surface area contributed by atoms with Crippen molar-refractivity contribution in [1.29, 1.82) is 0 Å². The summed E-state index contributed by atoms with van der Waals surface area (Å²) in [5.41, 5.74) is 3.29. The molecule has 0 fully saturated rings. The van der Waals surface area contributed by atoms with Gasteiger partial charge in [-0.15, -0.1) is 0 Å². The van der Waals surface area contributed by atoms with Gasteiger partial charge < -0.3 is 4.52 Å². The van der Waals surface area contributed by atoms with E-state index in [0.717, 1.165) is 11.1 Å². The molecule has 1 unspecified atom stereocenters. The van der Waals surface area contributed by atoms with E-state index in [1.807, 2.05) is 43.3 Å². The molecule has 0 spiro atoms. The summed E-state index contributed by atoms with van der Waals surface area (Å²) < 4.78 is 6.95. The first-order valence-corrected chi connectivity index (χ1v) is 10.9. The first kappa shape index (κ1) is 21.0. The molecule has 1 aromatic heterocycles. The molecule has 2 aliphatic rings.